The fourth-order valence-corrected chi connectivity index (χ4v) is 4.20. The van der Waals surface area contributed by atoms with E-state index in [2.05, 4.69) is 40.2 Å². The van der Waals surface area contributed by atoms with E-state index >= 15 is 0 Å². The Morgan fingerprint density at radius 2 is 1.95 bits per heavy atom. The van der Waals surface area contributed by atoms with E-state index in [1.165, 1.54) is 17.2 Å². The molecule has 0 saturated carbocycles. The lowest BCUT2D eigenvalue weighted by molar-refractivity contribution is 0.395. The Kier molecular flexibility index (Phi) is 4.37. The van der Waals surface area contributed by atoms with E-state index < -0.39 is 0 Å². The van der Waals surface area contributed by atoms with Gasteiger partial charge in [-0.25, -0.2) is 4.39 Å². The second-order valence-electron chi connectivity index (χ2n) is 5.81. The van der Waals surface area contributed by atoms with Gasteiger partial charge in [0.05, 0.1) is 4.47 Å². The molecular formula is C18H17BrClF. The van der Waals surface area contributed by atoms with E-state index in [0.29, 0.717) is 10.4 Å². The number of halogens is 3. The predicted molar refractivity (Wildman–Crippen MR) is 89.6 cm³/mol. The maximum atomic E-state index is 13.8. The maximum Gasteiger partial charge on any atom is 0.137 e. The topological polar surface area (TPSA) is 0 Å². The van der Waals surface area contributed by atoms with Gasteiger partial charge in [0.2, 0.25) is 0 Å². The van der Waals surface area contributed by atoms with Crippen LogP contribution in [0.1, 0.15) is 29.5 Å². The zero-order chi connectivity index (χ0) is 14.9. The highest BCUT2D eigenvalue weighted by molar-refractivity contribution is 9.10. The van der Waals surface area contributed by atoms with Crippen LogP contribution in [0.5, 0.6) is 0 Å². The van der Waals surface area contributed by atoms with Crippen molar-refractivity contribution >= 4 is 27.5 Å². The monoisotopic (exact) mass is 366 g/mol. The van der Waals surface area contributed by atoms with E-state index in [-0.39, 0.29) is 11.2 Å². The highest BCUT2D eigenvalue weighted by Crippen LogP contribution is 2.42. The molecule has 1 aliphatic carbocycles. The van der Waals surface area contributed by atoms with E-state index in [1.807, 2.05) is 6.07 Å². The smallest absolute Gasteiger partial charge is 0.137 e. The van der Waals surface area contributed by atoms with Crippen LogP contribution in [0, 0.1) is 5.82 Å². The molecule has 0 amide bonds. The third-order valence-electron chi connectivity index (χ3n) is 4.51. The summed E-state index contributed by atoms with van der Waals surface area (Å²) >= 11 is 9.78. The summed E-state index contributed by atoms with van der Waals surface area (Å²) in [7, 11) is 0. The molecule has 0 nitrogen and oxygen atoms in total. The van der Waals surface area contributed by atoms with Crippen molar-refractivity contribution in [3.8, 4) is 0 Å². The lowest BCUT2D eigenvalue weighted by Crippen LogP contribution is -2.35. The van der Waals surface area contributed by atoms with Crippen molar-refractivity contribution in [2.24, 2.45) is 0 Å². The minimum absolute atomic E-state index is 0.0906. The summed E-state index contributed by atoms with van der Waals surface area (Å²) in [5.41, 5.74) is 3.62. The molecule has 2 aromatic carbocycles. The largest absolute Gasteiger partial charge is 0.206 e. The second-order valence-corrected chi connectivity index (χ2v) is 6.87. The fraction of sp³-hybridized carbons (Fsp3) is 0.333. The molecule has 1 unspecified atom stereocenters. The first-order chi connectivity index (χ1) is 10.2. The number of fused-ring (bicyclic) bond motifs is 1. The van der Waals surface area contributed by atoms with Gasteiger partial charge < -0.3 is 0 Å². The zero-order valence-electron chi connectivity index (χ0n) is 11.7. The third-order valence-corrected chi connectivity index (χ3v) is 5.91. The van der Waals surface area contributed by atoms with Crippen LogP contribution in [0.25, 0.3) is 0 Å². The molecule has 0 aromatic heterocycles. The number of benzene rings is 2. The Bertz CT molecular complexity index is 655. The lowest BCUT2D eigenvalue weighted by Gasteiger charge is -2.38. The van der Waals surface area contributed by atoms with E-state index in [1.54, 1.807) is 6.07 Å². The molecule has 110 valence electrons. The summed E-state index contributed by atoms with van der Waals surface area (Å²) in [6.45, 7) is 0. The van der Waals surface area contributed by atoms with Crippen molar-refractivity contribution in [2.45, 2.75) is 31.1 Å². The third kappa shape index (κ3) is 2.76. The summed E-state index contributed by atoms with van der Waals surface area (Å²) in [5, 5.41) is 0. The number of rotatable bonds is 3. The number of alkyl halides is 1. The van der Waals surface area contributed by atoms with Crippen LogP contribution in [0.2, 0.25) is 0 Å². The first kappa shape index (κ1) is 15.1. The van der Waals surface area contributed by atoms with Gasteiger partial charge in [-0.1, -0.05) is 36.4 Å². The molecule has 0 fully saturated rings. The van der Waals surface area contributed by atoms with Gasteiger partial charge >= 0.3 is 0 Å². The van der Waals surface area contributed by atoms with Crippen molar-refractivity contribution in [1.29, 1.82) is 0 Å². The first-order valence-electron chi connectivity index (χ1n) is 7.23. The molecule has 21 heavy (non-hydrogen) atoms. The standard InChI is InChI=1S/C18H17BrClF/c19-17-14(6-3-9-16(17)21)11-18(12-20)10-4-7-13-5-1-2-8-15(13)18/h1-3,5-6,8-9H,4,7,10-12H2. The average Bonchev–Trinajstić information content (AvgIpc) is 2.52. The van der Waals surface area contributed by atoms with Crippen LogP contribution < -0.4 is 0 Å². The molecule has 1 aliphatic rings. The Labute approximate surface area is 138 Å². The van der Waals surface area contributed by atoms with Gasteiger partial charge in [-0.15, -0.1) is 11.6 Å². The van der Waals surface area contributed by atoms with Crippen molar-refractivity contribution in [2.75, 3.05) is 5.88 Å². The zero-order valence-corrected chi connectivity index (χ0v) is 14.1. The van der Waals surface area contributed by atoms with E-state index in [0.717, 1.165) is 31.2 Å². The van der Waals surface area contributed by atoms with Crippen molar-refractivity contribution in [3.05, 3.63) is 69.4 Å². The van der Waals surface area contributed by atoms with Crippen LogP contribution in [0.4, 0.5) is 4.39 Å². The minimum atomic E-state index is -0.207. The van der Waals surface area contributed by atoms with Crippen LogP contribution in [-0.4, -0.2) is 5.88 Å². The van der Waals surface area contributed by atoms with Crippen LogP contribution >= 0.6 is 27.5 Å². The number of hydrogen-bond acceptors (Lipinski definition) is 0. The molecule has 0 spiro atoms. The average molecular weight is 368 g/mol. The van der Waals surface area contributed by atoms with Gasteiger partial charge in [-0.05, 0) is 64.4 Å². The first-order valence-corrected chi connectivity index (χ1v) is 8.56. The van der Waals surface area contributed by atoms with Gasteiger partial charge in [0, 0.05) is 11.3 Å². The highest BCUT2D eigenvalue weighted by Gasteiger charge is 2.36. The molecule has 0 bridgehead atoms. The predicted octanol–water partition coefficient (Wildman–Crippen LogP) is 5.64. The Morgan fingerprint density at radius 1 is 1.14 bits per heavy atom. The van der Waals surface area contributed by atoms with Crippen LogP contribution in [-0.2, 0) is 18.3 Å². The Hall–Kier alpha value is -0.860. The van der Waals surface area contributed by atoms with E-state index in [9.17, 15) is 4.39 Å². The van der Waals surface area contributed by atoms with Gasteiger partial charge in [-0.2, -0.15) is 0 Å². The number of hydrogen-bond donors (Lipinski definition) is 0. The van der Waals surface area contributed by atoms with Crippen molar-refractivity contribution < 1.29 is 4.39 Å². The normalized spacial score (nSPS) is 21.1. The summed E-state index contributed by atoms with van der Waals surface area (Å²) in [6.07, 6.45) is 4.07. The van der Waals surface area contributed by atoms with Gasteiger partial charge in [-0.3, -0.25) is 0 Å². The summed E-state index contributed by atoms with van der Waals surface area (Å²) in [6, 6.07) is 13.8. The number of aryl methyl sites for hydroxylation is 1. The lowest BCUT2D eigenvalue weighted by atomic mass is 9.68. The summed E-state index contributed by atoms with van der Waals surface area (Å²) in [4.78, 5) is 0. The molecule has 3 rings (SSSR count). The van der Waals surface area contributed by atoms with Gasteiger partial charge in [0.1, 0.15) is 5.82 Å². The molecule has 0 saturated heterocycles. The molecule has 0 radical (unpaired) electrons. The summed E-state index contributed by atoms with van der Waals surface area (Å²) in [5.74, 6) is 0.355. The molecule has 0 N–H and O–H groups in total. The van der Waals surface area contributed by atoms with Gasteiger partial charge in [0.25, 0.3) is 0 Å². The van der Waals surface area contributed by atoms with E-state index in [4.69, 9.17) is 11.6 Å². The maximum absolute atomic E-state index is 13.8. The summed E-state index contributed by atoms with van der Waals surface area (Å²) < 4.78 is 14.3. The minimum Gasteiger partial charge on any atom is -0.206 e. The molecule has 0 heterocycles. The molecule has 2 aromatic rings. The van der Waals surface area contributed by atoms with Crippen LogP contribution in [0.15, 0.2) is 46.9 Å². The highest BCUT2D eigenvalue weighted by atomic mass is 79.9. The van der Waals surface area contributed by atoms with Crippen molar-refractivity contribution in [3.63, 3.8) is 0 Å². The molecule has 1 atom stereocenters. The SMILES string of the molecule is Fc1cccc(CC2(CCl)CCCc3ccccc32)c1Br. The van der Waals surface area contributed by atoms with Gasteiger partial charge in [0.15, 0.2) is 0 Å². The Balaban J connectivity index is 2.04. The molecular weight excluding hydrogens is 351 g/mol. The fourth-order valence-electron chi connectivity index (χ4n) is 3.43. The second kappa shape index (κ2) is 6.10. The Morgan fingerprint density at radius 3 is 2.76 bits per heavy atom. The molecule has 0 aliphatic heterocycles. The van der Waals surface area contributed by atoms with Crippen LogP contribution in [0.3, 0.4) is 0 Å². The quantitative estimate of drug-likeness (QED) is 0.615. The molecule has 3 heteroatoms. The van der Waals surface area contributed by atoms with Crippen molar-refractivity contribution in [1.82, 2.24) is 0 Å².